The maximum absolute atomic E-state index is 11.7. The van der Waals surface area contributed by atoms with Gasteiger partial charge in [-0.15, -0.1) is 0 Å². The molecule has 3 nitrogen and oxygen atoms in total. The number of carbonyl (C=O) groups excluding carboxylic acids is 1. The van der Waals surface area contributed by atoms with Crippen LogP contribution in [0.15, 0.2) is 54.9 Å². The lowest BCUT2D eigenvalue weighted by Gasteiger charge is -2.19. The molecular weight excluding hydrogens is 236 g/mol. The number of hydrogen-bond acceptors (Lipinski definition) is 2. The van der Waals surface area contributed by atoms with E-state index < -0.39 is 0 Å². The molecule has 2 heterocycles. The Balaban J connectivity index is 1.81. The minimum absolute atomic E-state index is 0.141. The average molecular weight is 252 g/mol. The quantitative estimate of drug-likeness (QED) is 0.910. The van der Waals surface area contributed by atoms with E-state index in [-0.39, 0.29) is 17.9 Å². The van der Waals surface area contributed by atoms with E-state index in [1.54, 1.807) is 12.4 Å². The van der Waals surface area contributed by atoms with Gasteiger partial charge in [0.2, 0.25) is 5.91 Å². The van der Waals surface area contributed by atoms with Crippen LogP contribution in [-0.4, -0.2) is 16.9 Å². The Labute approximate surface area is 112 Å². The summed E-state index contributed by atoms with van der Waals surface area (Å²) in [5, 5.41) is 3.09. The van der Waals surface area contributed by atoms with Crippen LogP contribution in [0.5, 0.6) is 0 Å². The van der Waals surface area contributed by atoms with Gasteiger partial charge in [0, 0.05) is 30.8 Å². The number of pyridine rings is 1. The summed E-state index contributed by atoms with van der Waals surface area (Å²) in [6.07, 6.45) is 5.02. The molecule has 1 N–H and O–H groups in total. The van der Waals surface area contributed by atoms with E-state index in [2.05, 4.69) is 22.4 Å². The van der Waals surface area contributed by atoms with Gasteiger partial charge in [0.25, 0.3) is 0 Å². The highest BCUT2D eigenvalue weighted by Gasteiger charge is 2.33. The smallest absolute Gasteiger partial charge is 0.220 e. The van der Waals surface area contributed by atoms with Crippen molar-refractivity contribution in [2.45, 2.75) is 24.8 Å². The van der Waals surface area contributed by atoms with E-state index in [0.717, 1.165) is 6.42 Å². The zero-order chi connectivity index (χ0) is 13.1. The molecule has 1 saturated heterocycles. The number of hydrogen-bond donors (Lipinski definition) is 1. The molecule has 96 valence electrons. The van der Waals surface area contributed by atoms with Gasteiger partial charge in [0.1, 0.15) is 0 Å². The van der Waals surface area contributed by atoms with Gasteiger partial charge in [-0.1, -0.05) is 30.3 Å². The monoisotopic (exact) mass is 252 g/mol. The molecule has 0 bridgehead atoms. The predicted octanol–water partition coefficient (Wildman–Crippen LogP) is 2.30. The van der Waals surface area contributed by atoms with Gasteiger partial charge >= 0.3 is 0 Å². The molecular formula is C16H16N2O. The average Bonchev–Trinajstić information content (AvgIpc) is 2.82. The third-order valence-electron chi connectivity index (χ3n) is 3.67. The van der Waals surface area contributed by atoms with Crippen LogP contribution in [0.4, 0.5) is 0 Å². The van der Waals surface area contributed by atoms with Crippen LogP contribution in [-0.2, 0) is 11.2 Å². The molecule has 0 spiro atoms. The molecule has 3 heteroatoms. The number of nitrogens with zero attached hydrogens (tertiary/aromatic N) is 1. The molecule has 0 saturated carbocycles. The number of amides is 1. The molecule has 2 aromatic rings. The van der Waals surface area contributed by atoms with Crippen LogP contribution < -0.4 is 5.32 Å². The lowest BCUT2D eigenvalue weighted by atomic mass is 9.89. The second-order valence-corrected chi connectivity index (χ2v) is 4.95. The predicted molar refractivity (Wildman–Crippen MR) is 73.7 cm³/mol. The zero-order valence-electron chi connectivity index (χ0n) is 10.6. The zero-order valence-corrected chi connectivity index (χ0v) is 10.6. The van der Waals surface area contributed by atoms with Crippen LogP contribution in [0, 0.1) is 0 Å². The van der Waals surface area contributed by atoms with Crippen molar-refractivity contribution in [2.75, 3.05) is 0 Å². The molecule has 1 fully saturated rings. The Kier molecular flexibility index (Phi) is 3.27. The molecule has 1 aromatic heterocycles. The first-order valence-corrected chi connectivity index (χ1v) is 6.56. The fourth-order valence-electron chi connectivity index (χ4n) is 2.73. The van der Waals surface area contributed by atoms with Crippen molar-refractivity contribution in [3.63, 3.8) is 0 Å². The molecule has 19 heavy (non-hydrogen) atoms. The van der Waals surface area contributed by atoms with E-state index in [1.165, 1.54) is 11.1 Å². The molecule has 2 unspecified atom stereocenters. The maximum atomic E-state index is 11.7. The van der Waals surface area contributed by atoms with Crippen molar-refractivity contribution in [3.8, 4) is 0 Å². The second-order valence-electron chi connectivity index (χ2n) is 4.95. The van der Waals surface area contributed by atoms with E-state index >= 15 is 0 Å². The summed E-state index contributed by atoms with van der Waals surface area (Å²) < 4.78 is 0. The highest BCUT2D eigenvalue weighted by atomic mass is 16.2. The third kappa shape index (κ3) is 2.65. The van der Waals surface area contributed by atoms with Crippen molar-refractivity contribution in [3.05, 3.63) is 66.0 Å². The van der Waals surface area contributed by atoms with Gasteiger partial charge in [-0.2, -0.15) is 0 Å². The molecule has 1 amide bonds. The number of benzene rings is 1. The maximum Gasteiger partial charge on any atom is 0.220 e. The standard InChI is InChI=1S/C16H16N2O/c19-16-11-14(13-6-8-17-9-7-13)15(18-16)10-12-4-2-1-3-5-12/h1-9,14-15H,10-11H2,(H,18,19). The van der Waals surface area contributed by atoms with Gasteiger partial charge in [0.05, 0.1) is 0 Å². The fraction of sp³-hybridized carbons (Fsp3) is 0.250. The summed E-state index contributed by atoms with van der Waals surface area (Å²) >= 11 is 0. The number of carbonyl (C=O) groups is 1. The second kappa shape index (κ2) is 5.22. The lowest BCUT2D eigenvalue weighted by Crippen LogP contribution is -2.30. The first kappa shape index (κ1) is 11.9. The van der Waals surface area contributed by atoms with Gasteiger partial charge in [-0.3, -0.25) is 9.78 Å². The fourth-order valence-corrected chi connectivity index (χ4v) is 2.73. The highest BCUT2D eigenvalue weighted by molar-refractivity contribution is 5.80. The Morgan fingerprint density at radius 3 is 2.58 bits per heavy atom. The summed E-state index contributed by atoms with van der Waals surface area (Å²) in [4.78, 5) is 15.7. The Bertz CT molecular complexity index is 553. The van der Waals surface area contributed by atoms with Gasteiger partial charge in [-0.05, 0) is 29.7 Å². The molecule has 0 aliphatic carbocycles. The van der Waals surface area contributed by atoms with E-state index in [0.29, 0.717) is 6.42 Å². The minimum Gasteiger partial charge on any atom is -0.352 e. The Hall–Kier alpha value is -2.16. The number of aromatic nitrogens is 1. The van der Waals surface area contributed by atoms with Gasteiger partial charge in [-0.25, -0.2) is 0 Å². The minimum atomic E-state index is 0.141. The SMILES string of the molecule is O=C1CC(c2ccncc2)C(Cc2ccccc2)N1. The van der Waals surface area contributed by atoms with Crippen molar-refractivity contribution in [1.29, 1.82) is 0 Å². The van der Waals surface area contributed by atoms with Gasteiger partial charge < -0.3 is 5.32 Å². The van der Waals surface area contributed by atoms with Crippen molar-refractivity contribution in [1.82, 2.24) is 10.3 Å². The first-order valence-electron chi connectivity index (χ1n) is 6.56. The molecule has 1 aliphatic rings. The molecule has 3 rings (SSSR count). The van der Waals surface area contributed by atoms with Crippen molar-refractivity contribution in [2.24, 2.45) is 0 Å². The van der Waals surface area contributed by atoms with Crippen molar-refractivity contribution >= 4 is 5.91 Å². The molecule has 0 radical (unpaired) electrons. The lowest BCUT2D eigenvalue weighted by molar-refractivity contribution is -0.119. The number of nitrogens with one attached hydrogen (secondary N) is 1. The van der Waals surface area contributed by atoms with Crippen LogP contribution in [0.2, 0.25) is 0 Å². The summed E-state index contributed by atoms with van der Waals surface area (Å²) in [6, 6.07) is 14.5. The van der Waals surface area contributed by atoms with E-state index in [4.69, 9.17) is 0 Å². The topological polar surface area (TPSA) is 42.0 Å². The summed E-state index contributed by atoms with van der Waals surface area (Å²) in [5.41, 5.74) is 2.45. The highest BCUT2D eigenvalue weighted by Crippen LogP contribution is 2.29. The Morgan fingerprint density at radius 1 is 1.11 bits per heavy atom. The van der Waals surface area contributed by atoms with E-state index in [9.17, 15) is 4.79 Å². The van der Waals surface area contributed by atoms with Crippen LogP contribution in [0.25, 0.3) is 0 Å². The van der Waals surface area contributed by atoms with Crippen molar-refractivity contribution < 1.29 is 4.79 Å². The normalized spacial score (nSPS) is 22.2. The molecule has 1 aliphatic heterocycles. The summed E-state index contributed by atoms with van der Waals surface area (Å²) in [6.45, 7) is 0. The van der Waals surface area contributed by atoms with Crippen LogP contribution in [0.1, 0.15) is 23.5 Å². The van der Waals surface area contributed by atoms with E-state index in [1.807, 2.05) is 30.3 Å². The molecule has 1 aromatic carbocycles. The summed E-state index contributed by atoms with van der Waals surface area (Å²) in [7, 11) is 0. The van der Waals surface area contributed by atoms with Crippen LogP contribution >= 0.6 is 0 Å². The first-order chi connectivity index (χ1) is 9.33. The third-order valence-corrected chi connectivity index (χ3v) is 3.67. The largest absolute Gasteiger partial charge is 0.352 e. The number of rotatable bonds is 3. The summed E-state index contributed by atoms with van der Waals surface area (Å²) in [5.74, 6) is 0.387. The van der Waals surface area contributed by atoms with Crippen LogP contribution in [0.3, 0.4) is 0 Å². The van der Waals surface area contributed by atoms with Gasteiger partial charge in [0.15, 0.2) is 0 Å². The molecule has 2 atom stereocenters. The Morgan fingerprint density at radius 2 is 1.84 bits per heavy atom.